The number of nitrogens with one attached hydrogen (secondary N) is 1. The Balaban J connectivity index is 1.59. The van der Waals surface area contributed by atoms with E-state index in [0.29, 0.717) is 24.1 Å². The first-order chi connectivity index (χ1) is 13.0. The summed E-state index contributed by atoms with van der Waals surface area (Å²) >= 11 is 0. The fourth-order valence-corrected chi connectivity index (χ4v) is 3.09. The third-order valence-electron chi connectivity index (χ3n) is 4.41. The number of aromatic hydroxyl groups is 2. The maximum Gasteiger partial charge on any atom is 0.433 e. The van der Waals surface area contributed by atoms with Crippen LogP contribution in [0, 0.1) is 0 Å². The van der Waals surface area contributed by atoms with Crippen LogP contribution in [0.4, 0.5) is 4.79 Å². The van der Waals surface area contributed by atoms with Crippen LogP contribution in [0.15, 0.2) is 42.5 Å². The standard InChI is InChI=1S/C18H22N4O5/c19-13(11-12-5-2-1-3-6-12)17(25)21-10-4-7-14(21)20-18(26)27-22-15(23)8-9-16(22)24/h1-3,5-6,8-9,13-14,23-24H,4,7,10-11,19H2,(H,20,26)/t13-,14?/m0/s1. The number of amides is 2. The molecule has 2 aromatic rings. The van der Waals surface area contributed by atoms with E-state index in [-0.39, 0.29) is 5.91 Å². The van der Waals surface area contributed by atoms with Crippen LogP contribution >= 0.6 is 0 Å². The molecule has 0 spiro atoms. The van der Waals surface area contributed by atoms with Crippen molar-refractivity contribution in [3.05, 3.63) is 48.0 Å². The molecular weight excluding hydrogens is 352 g/mol. The number of likely N-dealkylation sites (tertiary alicyclic amines) is 1. The number of carbonyl (C=O) groups excluding carboxylic acids is 2. The quantitative estimate of drug-likeness (QED) is 0.605. The average Bonchev–Trinajstić information content (AvgIpc) is 3.23. The topological polar surface area (TPSA) is 130 Å². The van der Waals surface area contributed by atoms with Gasteiger partial charge in [0, 0.05) is 18.7 Å². The molecule has 0 radical (unpaired) electrons. The number of rotatable bonds is 5. The van der Waals surface area contributed by atoms with E-state index in [2.05, 4.69) is 5.32 Å². The van der Waals surface area contributed by atoms with Gasteiger partial charge in [-0.25, -0.2) is 4.79 Å². The molecule has 3 rings (SSSR count). The lowest BCUT2D eigenvalue weighted by Gasteiger charge is -2.27. The van der Waals surface area contributed by atoms with E-state index in [4.69, 9.17) is 10.6 Å². The second kappa shape index (κ2) is 8.00. The van der Waals surface area contributed by atoms with E-state index >= 15 is 0 Å². The van der Waals surface area contributed by atoms with Gasteiger partial charge in [-0.2, -0.15) is 0 Å². The molecule has 2 atom stereocenters. The smallest absolute Gasteiger partial charge is 0.433 e. The summed E-state index contributed by atoms with van der Waals surface area (Å²) in [5.41, 5.74) is 7.02. The van der Waals surface area contributed by atoms with E-state index < -0.39 is 30.1 Å². The molecule has 1 fully saturated rings. The van der Waals surface area contributed by atoms with Crippen LogP contribution in [0.2, 0.25) is 0 Å². The number of nitrogens with two attached hydrogens (primary N) is 1. The largest absolute Gasteiger partial charge is 0.492 e. The van der Waals surface area contributed by atoms with Gasteiger partial charge >= 0.3 is 6.09 Å². The second-order valence-electron chi connectivity index (χ2n) is 6.35. The van der Waals surface area contributed by atoms with Gasteiger partial charge < -0.3 is 25.7 Å². The molecule has 1 aromatic heterocycles. The fraction of sp³-hybridized carbons (Fsp3) is 0.333. The average molecular weight is 374 g/mol. The molecule has 1 aliphatic rings. The first-order valence-corrected chi connectivity index (χ1v) is 8.64. The molecule has 0 saturated carbocycles. The molecule has 0 aliphatic carbocycles. The molecular formula is C18H22N4O5. The third kappa shape index (κ3) is 4.32. The Morgan fingerprint density at radius 3 is 2.52 bits per heavy atom. The van der Waals surface area contributed by atoms with Crippen molar-refractivity contribution in [3.63, 3.8) is 0 Å². The minimum Gasteiger partial charge on any atom is -0.492 e. The maximum atomic E-state index is 12.7. The number of benzene rings is 1. The SMILES string of the molecule is N[C@@H](Cc1ccccc1)C(=O)N1CCCC1NC(=O)On1c(O)ccc1O. The van der Waals surface area contributed by atoms with Gasteiger partial charge in [0.05, 0.1) is 6.04 Å². The Kier molecular flexibility index (Phi) is 5.51. The van der Waals surface area contributed by atoms with Crippen LogP contribution in [0.3, 0.4) is 0 Å². The minimum absolute atomic E-state index is 0.256. The molecule has 1 aromatic carbocycles. The van der Waals surface area contributed by atoms with Crippen LogP contribution < -0.4 is 15.9 Å². The highest BCUT2D eigenvalue weighted by Gasteiger charge is 2.33. The summed E-state index contributed by atoms with van der Waals surface area (Å²) in [7, 11) is 0. The monoisotopic (exact) mass is 374 g/mol. The van der Waals surface area contributed by atoms with Crippen LogP contribution in [0.25, 0.3) is 0 Å². The van der Waals surface area contributed by atoms with Crippen molar-refractivity contribution >= 4 is 12.0 Å². The molecule has 2 heterocycles. The summed E-state index contributed by atoms with van der Waals surface area (Å²) in [6.07, 6.45) is 0.209. The predicted octanol–water partition coefficient (Wildman–Crippen LogP) is 0.556. The van der Waals surface area contributed by atoms with Crippen LogP contribution in [0.1, 0.15) is 18.4 Å². The maximum absolute atomic E-state index is 12.7. The highest BCUT2D eigenvalue weighted by Crippen LogP contribution is 2.20. The zero-order valence-electron chi connectivity index (χ0n) is 14.6. The molecule has 5 N–H and O–H groups in total. The first kappa shape index (κ1) is 18.6. The zero-order chi connectivity index (χ0) is 19.4. The van der Waals surface area contributed by atoms with Crippen molar-refractivity contribution < 1.29 is 24.6 Å². The van der Waals surface area contributed by atoms with E-state index in [0.717, 1.165) is 12.0 Å². The molecule has 144 valence electrons. The summed E-state index contributed by atoms with van der Waals surface area (Å²) < 4.78 is 0.581. The summed E-state index contributed by atoms with van der Waals surface area (Å²) in [5.74, 6) is -1.10. The number of hydrogen-bond donors (Lipinski definition) is 4. The lowest BCUT2D eigenvalue weighted by Crippen LogP contribution is -2.53. The Bertz CT molecular complexity index is 788. The van der Waals surface area contributed by atoms with E-state index in [1.807, 2.05) is 30.3 Å². The minimum atomic E-state index is -0.905. The molecule has 1 saturated heterocycles. The summed E-state index contributed by atoms with van der Waals surface area (Å²) in [5, 5.41) is 21.6. The normalized spacial score (nSPS) is 17.5. The van der Waals surface area contributed by atoms with Crippen molar-refractivity contribution in [1.82, 2.24) is 14.9 Å². The van der Waals surface area contributed by atoms with Crippen LogP contribution in [-0.4, -0.2) is 50.6 Å². The van der Waals surface area contributed by atoms with Gasteiger partial charge in [-0.05, 0) is 24.8 Å². The molecule has 1 unspecified atom stereocenters. The number of nitrogens with zero attached hydrogens (tertiary/aromatic N) is 2. The Labute approximate surface area is 155 Å². The molecule has 27 heavy (non-hydrogen) atoms. The summed E-state index contributed by atoms with van der Waals surface area (Å²) in [4.78, 5) is 31.1. The Hall–Kier alpha value is -3.20. The fourth-order valence-electron chi connectivity index (χ4n) is 3.09. The zero-order valence-corrected chi connectivity index (χ0v) is 14.6. The molecule has 1 aliphatic heterocycles. The Morgan fingerprint density at radius 2 is 1.85 bits per heavy atom. The number of carbonyl (C=O) groups is 2. The lowest BCUT2D eigenvalue weighted by atomic mass is 10.1. The van der Waals surface area contributed by atoms with Gasteiger partial charge in [-0.1, -0.05) is 30.3 Å². The van der Waals surface area contributed by atoms with Crippen molar-refractivity contribution in [2.45, 2.75) is 31.5 Å². The van der Waals surface area contributed by atoms with Crippen LogP contribution in [-0.2, 0) is 11.2 Å². The third-order valence-corrected chi connectivity index (χ3v) is 4.41. The highest BCUT2D eigenvalue weighted by molar-refractivity contribution is 5.83. The van der Waals surface area contributed by atoms with Gasteiger partial charge in [0.25, 0.3) is 0 Å². The van der Waals surface area contributed by atoms with Gasteiger partial charge in [0.1, 0.15) is 6.17 Å². The van der Waals surface area contributed by atoms with E-state index in [9.17, 15) is 19.8 Å². The van der Waals surface area contributed by atoms with Crippen molar-refractivity contribution in [3.8, 4) is 11.8 Å². The number of aromatic nitrogens is 1. The molecule has 9 nitrogen and oxygen atoms in total. The summed E-state index contributed by atoms with van der Waals surface area (Å²) in [6, 6.07) is 11.1. The summed E-state index contributed by atoms with van der Waals surface area (Å²) in [6.45, 7) is 0.478. The second-order valence-corrected chi connectivity index (χ2v) is 6.35. The highest BCUT2D eigenvalue weighted by atomic mass is 16.7. The van der Waals surface area contributed by atoms with E-state index in [1.165, 1.54) is 17.0 Å². The predicted molar refractivity (Wildman–Crippen MR) is 95.7 cm³/mol. The van der Waals surface area contributed by atoms with Gasteiger partial charge in [0.15, 0.2) is 0 Å². The van der Waals surface area contributed by atoms with Crippen molar-refractivity contribution in [2.75, 3.05) is 6.54 Å². The van der Waals surface area contributed by atoms with Crippen molar-refractivity contribution in [1.29, 1.82) is 0 Å². The molecule has 9 heteroatoms. The van der Waals surface area contributed by atoms with Gasteiger partial charge in [-0.15, -0.1) is 4.73 Å². The van der Waals surface area contributed by atoms with Crippen LogP contribution in [0.5, 0.6) is 11.8 Å². The van der Waals surface area contributed by atoms with Gasteiger partial charge in [0.2, 0.25) is 17.7 Å². The Morgan fingerprint density at radius 1 is 1.19 bits per heavy atom. The lowest BCUT2D eigenvalue weighted by molar-refractivity contribution is -0.133. The first-order valence-electron chi connectivity index (χ1n) is 8.64. The number of hydrogen-bond acceptors (Lipinski definition) is 6. The van der Waals surface area contributed by atoms with Crippen molar-refractivity contribution in [2.24, 2.45) is 5.73 Å². The van der Waals surface area contributed by atoms with Gasteiger partial charge in [-0.3, -0.25) is 10.1 Å². The van der Waals surface area contributed by atoms with E-state index in [1.54, 1.807) is 0 Å². The molecule has 2 amide bonds. The molecule has 0 bridgehead atoms.